The summed E-state index contributed by atoms with van der Waals surface area (Å²) in [5.41, 5.74) is 0.861. The minimum Gasteiger partial charge on any atom is -0.468 e. The maximum absolute atomic E-state index is 13.6. The normalized spacial score (nSPS) is 12.8. The summed E-state index contributed by atoms with van der Waals surface area (Å²) in [5.74, 6) is -0.922. The third-order valence-electron chi connectivity index (χ3n) is 4.81. The van der Waals surface area contributed by atoms with Crippen LogP contribution >= 0.6 is 11.8 Å². The van der Waals surface area contributed by atoms with Crippen molar-refractivity contribution in [1.82, 2.24) is 15.5 Å². The van der Waals surface area contributed by atoms with E-state index < -0.39 is 41.6 Å². The van der Waals surface area contributed by atoms with Crippen molar-refractivity contribution in [2.75, 3.05) is 32.2 Å². The van der Waals surface area contributed by atoms with Gasteiger partial charge in [0.1, 0.15) is 24.2 Å². The third kappa shape index (κ3) is 9.62. The molecule has 0 saturated heterocycles. The molecular weight excluding hydrogens is 458 g/mol. The van der Waals surface area contributed by atoms with Crippen LogP contribution < -0.4 is 10.6 Å². The van der Waals surface area contributed by atoms with Gasteiger partial charge in [-0.25, -0.2) is 4.79 Å². The minimum atomic E-state index is -1.00. The molecular formula is C24H37N3O6S. The Labute approximate surface area is 206 Å². The zero-order valence-electron chi connectivity index (χ0n) is 21.1. The topological polar surface area (TPSA) is 114 Å². The van der Waals surface area contributed by atoms with E-state index in [0.717, 1.165) is 5.56 Å². The van der Waals surface area contributed by atoms with Crippen molar-refractivity contribution < 1.29 is 28.7 Å². The van der Waals surface area contributed by atoms with Crippen molar-refractivity contribution in [3.8, 4) is 0 Å². The number of likely N-dealkylation sites (N-methyl/N-ethyl adjacent to an activating group) is 1. The molecule has 3 amide bonds. The Morgan fingerprint density at radius 2 is 1.74 bits per heavy atom. The molecule has 0 radical (unpaired) electrons. The number of rotatable bonds is 11. The van der Waals surface area contributed by atoms with E-state index in [1.165, 1.54) is 23.8 Å². The van der Waals surface area contributed by atoms with E-state index in [1.54, 1.807) is 39.8 Å². The number of esters is 1. The predicted molar refractivity (Wildman–Crippen MR) is 132 cm³/mol. The number of methoxy groups -OCH3 is 1. The highest BCUT2D eigenvalue weighted by molar-refractivity contribution is 7.98. The van der Waals surface area contributed by atoms with Gasteiger partial charge in [-0.3, -0.25) is 14.4 Å². The number of nitrogens with zero attached hydrogens (tertiary/aromatic N) is 1. The molecule has 34 heavy (non-hydrogen) atoms. The van der Waals surface area contributed by atoms with Gasteiger partial charge in [0.25, 0.3) is 0 Å². The van der Waals surface area contributed by atoms with Crippen molar-refractivity contribution in [3.63, 3.8) is 0 Å². The van der Waals surface area contributed by atoms with Gasteiger partial charge in [0.15, 0.2) is 0 Å². The van der Waals surface area contributed by atoms with E-state index in [1.807, 2.05) is 25.3 Å². The van der Waals surface area contributed by atoms with Gasteiger partial charge in [0, 0.05) is 6.54 Å². The molecule has 0 fully saturated rings. The number of nitrogens with one attached hydrogen (secondary N) is 2. The number of aryl methyl sites for hydroxylation is 1. The van der Waals surface area contributed by atoms with Crippen molar-refractivity contribution in [3.05, 3.63) is 35.4 Å². The van der Waals surface area contributed by atoms with Crippen LogP contribution in [0.3, 0.4) is 0 Å². The molecule has 2 atom stereocenters. The van der Waals surface area contributed by atoms with Gasteiger partial charge >= 0.3 is 12.1 Å². The molecule has 0 bridgehead atoms. The zero-order chi connectivity index (χ0) is 25.9. The maximum Gasteiger partial charge on any atom is 0.408 e. The Bertz CT molecular complexity index is 838. The van der Waals surface area contributed by atoms with E-state index in [9.17, 15) is 19.2 Å². The van der Waals surface area contributed by atoms with Crippen molar-refractivity contribution in [2.45, 2.75) is 58.7 Å². The summed E-state index contributed by atoms with van der Waals surface area (Å²) in [7, 11) is 1.23. The second kappa shape index (κ2) is 13.8. The fraction of sp³-hybridized carbons (Fsp3) is 0.583. The van der Waals surface area contributed by atoms with Gasteiger partial charge < -0.3 is 25.0 Å². The standard InChI is InChI=1S/C24H37N3O6S/c1-8-27(22(30)18(13-14-34-7)26-23(31)33-24(3,4)5)20(17-11-9-16(2)10-12-17)21(29)25-15-19(28)32-6/h9-12,18,20H,8,13-15H2,1-7H3,(H,25,29)(H,26,31). The second-order valence-corrected chi connectivity index (χ2v) is 9.70. The number of carbonyl (C=O) groups excluding carboxylic acids is 4. The largest absolute Gasteiger partial charge is 0.468 e. The van der Waals surface area contributed by atoms with Gasteiger partial charge in [0.05, 0.1) is 7.11 Å². The van der Waals surface area contributed by atoms with E-state index in [0.29, 0.717) is 17.7 Å². The Morgan fingerprint density at radius 3 is 2.24 bits per heavy atom. The van der Waals surface area contributed by atoms with Crippen molar-refractivity contribution >= 4 is 35.6 Å². The molecule has 0 aromatic heterocycles. The Hall–Kier alpha value is -2.75. The lowest BCUT2D eigenvalue weighted by molar-refractivity contribution is -0.144. The summed E-state index contributed by atoms with van der Waals surface area (Å²) >= 11 is 1.54. The molecule has 1 rings (SSSR count). The SMILES string of the molecule is CCN(C(=O)C(CCSC)NC(=O)OC(C)(C)C)C(C(=O)NCC(=O)OC)c1ccc(C)cc1. The Kier molecular flexibility index (Phi) is 11.9. The number of amides is 3. The Balaban J connectivity index is 3.28. The number of ether oxygens (including phenoxy) is 2. The number of hydrogen-bond acceptors (Lipinski definition) is 7. The number of carbonyl (C=O) groups is 4. The summed E-state index contributed by atoms with van der Waals surface area (Å²) in [6.07, 6.45) is 1.56. The van der Waals surface area contributed by atoms with E-state index in [2.05, 4.69) is 15.4 Å². The van der Waals surface area contributed by atoms with Crippen LogP contribution in [0.15, 0.2) is 24.3 Å². The fourth-order valence-corrected chi connectivity index (χ4v) is 3.63. The highest BCUT2D eigenvalue weighted by Crippen LogP contribution is 2.23. The average molecular weight is 496 g/mol. The number of alkyl carbamates (subject to hydrolysis) is 1. The molecule has 0 aliphatic rings. The quantitative estimate of drug-likeness (QED) is 0.454. The molecule has 0 spiro atoms. The summed E-state index contributed by atoms with van der Waals surface area (Å²) in [4.78, 5) is 52.2. The van der Waals surface area contributed by atoms with Gasteiger partial charge in [-0.2, -0.15) is 11.8 Å². The van der Waals surface area contributed by atoms with Crippen molar-refractivity contribution in [2.24, 2.45) is 0 Å². The Morgan fingerprint density at radius 1 is 1.12 bits per heavy atom. The second-order valence-electron chi connectivity index (χ2n) is 8.71. The molecule has 9 nitrogen and oxygen atoms in total. The first kappa shape index (κ1) is 29.3. The maximum atomic E-state index is 13.6. The van der Waals surface area contributed by atoms with Crippen LogP contribution in [0, 0.1) is 6.92 Å². The summed E-state index contributed by atoms with van der Waals surface area (Å²) in [5, 5.41) is 5.21. The van der Waals surface area contributed by atoms with Crippen LogP contribution in [-0.2, 0) is 23.9 Å². The van der Waals surface area contributed by atoms with Crippen LogP contribution in [0.2, 0.25) is 0 Å². The van der Waals surface area contributed by atoms with Crippen LogP contribution in [0.25, 0.3) is 0 Å². The van der Waals surface area contributed by atoms with Gasteiger partial charge in [-0.1, -0.05) is 29.8 Å². The summed E-state index contributed by atoms with van der Waals surface area (Å²) in [6, 6.07) is 5.35. The number of thioether (sulfide) groups is 1. The first-order chi connectivity index (χ1) is 15.9. The number of benzene rings is 1. The first-order valence-corrected chi connectivity index (χ1v) is 12.5. The smallest absolute Gasteiger partial charge is 0.408 e. The van der Waals surface area contributed by atoms with E-state index >= 15 is 0 Å². The summed E-state index contributed by atoms with van der Waals surface area (Å²) < 4.78 is 9.94. The summed E-state index contributed by atoms with van der Waals surface area (Å²) in [6.45, 7) is 8.77. The molecule has 1 aromatic rings. The monoisotopic (exact) mass is 495 g/mol. The van der Waals surface area contributed by atoms with Crippen LogP contribution in [0.1, 0.15) is 51.3 Å². The molecule has 0 aliphatic carbocycles. The molecule has 10 heteroatoms. The molecule has 0 heterocycles. The van der Waals surface area contributed by atoms with E-state index in [-0.39, 0.29) is 13.1 Å². The minimum absolute atomic E-state index is 0.203. The highest BCUT2D eigenvalue weighted by atomic mass is 32.2. The first-order valence-electron chi connectivity index (χ1n) is 11.1. The van der Waals surface area contributed by atoms with E-state index in [4.69, 9.17) is 4.74 Å². The molecule has 2 N–H and O–H groups in total. The average Bonchev–Trinajstić information content (AvgIpc) is 2.77. The van der Waals surface area contributed by atoms with Crippen LogP contribution in [0.4, 0.5) is 4.79 Å². The lowest BCUT2D eigenvalue weighted by Crippen LogP contribution is -2.53. The number of hydrogen-bond donors (Lipinski definition) is 2. The lowest BCUT2D eigenvalue weighted by atomic mass is 10.0. The fourth-order valence-electron chi connectivity index (χ4n) is 3.16. The molecule has 190 valence electrons. The molecule has 1 aromatic carbocycles. The van der Waals surface area contributed by atoms with Crippen LogP contribution in [-0.4, -0.2) is 72.6 Å². The molecule has 0 saturated carbocycles. The van der Waals surface area contributed by atoms with Crippen molar-refractivity contribution in [1.29, 1.82) is 0 Å². The van der Waals surface area contributed by atoms with Crippen LogP contribution in [0.5, 0.6) is 0 Å². The molecule has 0 aliphatic heterocycles. The highest BCUT2D eigenvalue weighted by Gasteiger charge is 2.35. The molecule has 2 unspecified atom stereocenters. The van der Waals surface area contributed by atoms with Gasteiger partial charge in [-0.15, -0.1) is 0 Å². The third-order valence-corrected chi connectivity index (χ3v) is 5.46. The zero-order valence-corrected chi connectivity index (χ0v) is 21.9. The van der Waals surface area contributed by atoms with Gasteiger partial charge in [-0.05, 0) is 58.6 Å². The van der Waals surface area contributed by atoms with Gasteiger partial charge in [0.2, 0.25) is 11.8 Å². The predicted octanol–water partition coefficient (Wildman–Crippen LogP) is 2.82. The lowest BCUT2D eigenvalue weighted by Gasteiger charge is -2.33.